The van der Waals surface area contributed by atoms with Crippen LogP contribution in [-0.2, 0) is 32.7 Å². The molecule has 0 saturated heterocycles. The predicted molar refractivity (Wildman–Crippen MR) is 242 cm³/mol. The van der Waals surface area contributed by atoms with E-state index >= 15 is 0 Å². The molecule has 0 spiro atoms. The smallest absolute Gasteiger partial charge is 0.462 e. The van der Waals surface area contributed by atoms with Gasteiger partial charge in [-0.05, 0) is 70.6 Å². The van der Waals surface area contributed by atoms with Crippen LogP contribution in [0.2, 0.25) is 0 Å². The molecule has 5 atom stereocenters. The summed E-state index contributed by atoms with van der Waals surface area (Å²) in [6, 6.07) is 0. The molecule has 60 heavy (non-hydrogen) atoms. The lowest BCUT2D eigenvalue weighted by Gasteiger charge is -2.20. The highest BCUT2D eigenvalue weighted by Crippen LogP contribution is 2.43. The quantitative estimate of drug-likeness (QED) is 0.0130. The third-order valence-electron chi connectivity index (χ3n) is 8.51. The number of phosphoric ester groups is 1. The van der Waals surface area contributed by atoms with E-state index in [9.17, 15) is 34.4 Å². The minimum atomic E-state index is -4.48. The number of carbonyl (C=O) groups is 2. The highest BCUT2D eigenvalue weighted by Gasteiger charge is 2.26. The standard InChI is InChI=1S/C47H76NO11P/c1-3-5-7-8-9-10-11-12-13-14-15-16-17-18-19-20-21-26-30-36-47(53)59-43(41-58-60(54,55)57-39-38-48)40-56-46(52)37-31-35-45(51)44(50)34-29-25-23-22-24-28-33-42(49)32-27-6-4-2/h5,7,9-10,12-13,15-16,18-19,22-25,28-29,33-34,42-45,49-51H,3-4,6,8,11,14,17,20-21,26-27,30-32,35-41,48H2,1-2H3,(H,54,55)/b7-5-,10-9-,13-12-,16-15-,19-18-,24-22-,25-23+,33-28+,34-29+/t42-,43-,44-,45-/m1/s1. The van der Waals surface area contributed by atoms with Gasteiger partial charge >= 0.3 is 19.8 Å². The topological polar surface area (TPSA) is 195 Å². The average Bonchev–Trinajstić information content (AvgIpc) is 3.22. The Hall–Kier alpha value is -3.45. The van der Waals surface area contributed by atoms with Crippen LogP contribution >= 0.6 is 7.82 Å². The van der Waals surface area contributed by atoms with E-state index in [4.69, 9.17) is 24.3 Å². The number of nitrogens with two attached hydrogens (primary N) is 1. The van der Waals surface area contributed by atoms with E-state index < -0.39 is 57.4 Å². The number of allylic oxidation sites excluding steroid dienone is 16. The van der Waals surface area contributed by atoms with Crippen molar-refractivity contribution in [1.82, 2.24) is 0 Å². The van der Waals surface area contributed by atoms with Gasteiger partial charge in [0.05, 0.1) is 31.5 Å². The molecule has 6 N–H and O–H groups in total. The Morgan fingerprint density at radius 1 is 0.633 bits per heavy atom. The van der Waals surface area contributed by atoms with Gasteiger partial charge in [-0.25, -0.2) is 4.57 Å². The molecule has 0 aliphatic rings. The van der Waals surface area contributed by atoms with Crippen LogP contribution in [0.15, 0.2) is 109 Å². The SMILES string of the molecule is CC/C=C\C/C=C\C/C=C\C/C=C\C/C=C\CCCCCC(=O)O[C@H](COC(=O)CCC[C@@H](O)[C@H](O)/C=C/C=C/C=C\C=C\[C@H](O)CCCCC)COP(=O)(O)OCCN. The van der Waals surface area contributed by atoms with Gasteiger partial charge in [-0.15, -0.1) is 0 Å². The highest BCUT2D eigenvalue weighted by molar-refractivity contribution is 7.47. The van der Waals surface area contributed by atoms with Crippen LogP contribution in [-0.4, -0.2) is 82.9 Å². The number of rotatable bonds is 38. The number of hydrogen-bond donors (Lipinski definition) is 5. The van der Waals surface area contributed by atoms with Gasteiger partial charge in [-0.1, -0.05) is 149 Å². The second-order valence-corrected chi connectivity index (χ2v) is 15.5. The molecule has 0 aliphatic heterocycles. The lowest BCUT2D eigenvalue weighted by molar-refractivity contribution is -0.161. The average molecular weight is 862 g/mol. The third kappa shape index (κ3) is 38.7. The maximum absolute atomic E-state index is 12.6. The Bertz CT molecular complexity index is 1400. The van der Waals surface area contributed by atoms with Crippen molar-refractivity contribution in [3.8, 4) is 0 Å². The molecule has 13 heteroatoms. The van der Waals surface area contributed by atoms with Crippen molar-refractivity contribution in [3.63, 3.8) is 0 Å². The molecule has 340 valence electrons. The van der Waals surface area contributed by atoms with Gasteiger partial charge < -0.3 is 35.4 Å². The van der Waals surface area contributed by atoms with Crippen LogP contribution in [0.4, 0.5) is 0 Å². The number of carbonyl (C=O) groups excluding carboxylic acids is 2. The Kier molecular flexibility index (Phi) is 38.6. The second kappa shape index (κ2) is 40.9. The van der Waals surface area contributed by atoms with Crippen LogP contribution in [0.1, 0.15) is 123 Å². The summed E-state index contributed by atoms with van der Waals surface area (Å²) in [4.78, 5) is 34.9. The summed E-state index contributed by atoms with van der Waals surface area (Å²) in [5, 5.41) is 30.4. The summed E-state index contributed by atoms with van der Waals surface area (Å²) in [6.45, 7) is 3.04. The number of phosphoric acid groups is 1. The number of hydrogen-bond acceptors (Lipinski definition) is 11. The van der Waals surface area contributed by atoms with Crippen LogP contribution < -0.4 is 5.73 Å². The zero-order valence-electron chi connectivity index (χ0n) is 36.2. The zero-order valence-corrected chi connectivity index (χ0v) is 37.1. The van der Waals surface area contributed by atoms with Gasteiger partial charge in [0.1, 0.15) is 6.61 Å². The number of esters is 2. The Labute approximate surface area is 360 Å². The predicted octanol–water partition coefficient (Wildman–Crippen LogP) is 9.29. The van der Waals surface area contributed by atoms with E-state index in [2.05, 4.69) is 74.6 Å². The minimum absolute atomic E-state index is 0.00782. The van der Waals surface area contributed by atoms with Gasteiger partial charge in [0.2, 0.25) is 0 Å². The number of ether oxygens (including phenoxy) is 2. The first-order valence-electron chi connectivity index (χ1n) is 21.7. The molecule has 1 unspecified atom stereocenters. The van der Waals surface area contributed by atoms with Crippen LogP contribution in [0, 0.1) is 0 Å². The van der Waals surface area contributed by atoms with Crippen molar-refractivity contribution in [2.45, 2.75) is 147 Å². The summed E-state index contributed by atoms with van der Waals surface area (Å²) in [6.07, 6.45) is 43.4. The van der Waals surface area contributed by atoms with Crippen molar-refractivity contribution in [2.24, 2.45) is 5.73 Å². The summed E-state index contributed by atoms with van der Waals surface area (Å²) in [5.74, 6) is -1.21. The molecule has 0 aliphatic carbocycles. The second-order valence-electron chi connectivity index (χ2n) is 14.0. The number of unbranched alkanes of at least 4 members (excludes halogenated alkanes) is 5. The molecule has 0 amide bonds. The molecular formula is C47H76NO11P. The largest absolute Gasteiger partial charge is 0.472 e. The first-order chi connectivity index (χ1) is 29.0. The molecule has 12 nitrogen and oxygen atoms in total. The molecule has 0 heterocycles. The molecule has 0 radical (unpaired) electrons. The van der Waals surface area contributed by atoms with Crippen molar-refractivity contribution < 1.29 is 52.9 Å². The lowest BCUT2D eigenvalue weighted by Crippen LogP contribution is -2.30. The lowest BCUT2D eigenvalue weighted by atomic mass is 10.1. The maximum Gasteiger partial charge on any atom is 0.472 e. The van der Waals surface area contributed by atoms with Crippen LogP contribution in [0.25, 0.3) is 0 Å². The number of aliphatic hydroxyl groups is 3. The van der Waals surface area contributed by atoms with Crippen LogP contribution in [0.3, 0.4) is 0 Å². The van der Waals surface area contributed by atoms with Crippen molar-refractivity contribution in [3.05, 3.63) is 109 Å². The van der Waals surface area contributed by atoms with Gasteiger partial charge in [0, 0.05) is 19.4 Å². The fraction of sp³-hybridized carbons (Fsp3) is 0.574. The molecular weight excluding hydrogens is 785 g/mol. The third-order valence-corrected chi connectivity index (χ3v) is 9.49. The Morgan fingerprint density at radius 2 is 1.22 bits per heavy atom. The van der Waals surface area contributed by atoms with Crippen molar-refractivity contribution in [2.75, 3.05) is 26.4 Å². The Balaban J connectivity index is 4.56. The molecule has 0 saturated carbocycles. The molecule has 0 bridgehead atoms. The Morgan fingerprint density at radius 3 is 1.83 bits per heavy atom. The van der Waals surface area contributed by atoms with E-state index in [1.807, 2.05) is 0 Å². The molecule has 0 aromatic carbocycles. The first kappa shape index (κ1) is 56.5. The van der Waals surface area contributed by atoms with Crippen LogP contribution in [0.5, 0.6) is 0 Å². The van der Waals surface area contributed by atoms with Crippen molar-refractivity contribution >= 4 is 19.8 Å². The summed E-state index contributed by atoms with van der Waals surface area (Å²) < 4.78 is 32.5. The van der Waals surface area contributed by atoms with Gasteiger partial charge in [-0.3, -0.25) is 18.6 Å². The van der Waals surface area contributed by atoms with Gasteiger partial charge in [-0.2, -0.15) is 0 Å². The van der Waals surface area contributed by atoms with E-state index in [1.54, 1.807) is 42.5 Å². The monoisotopic (exact) mass is 862 g/mol. The minimum Gasteiger partial charge on any atom is -0.462 e. The number of aliphatic hydroxyl groups excluding tert-OH is 3. The van der Waals surface area contributed by atoms with E-state index in [0.29, 0.717) is 6.42 Å². The molecule has 0 aromatic heterocycles. The summed E-state index contributed by atoms with van der Waals surface area (Å²) in [7, 11) is -4.48. The van der Waals surface area contributed by atoms with Crippen molar-refractivity contribution in [1.29, 1.82) is 0 Å². The van der Waals surface area contributed by atoms with E-state index in [0.717, 1.165) is 77.0 Å². The highest BCUT2D eigenvalue weighted by atomic mass is 31.2. The fourth-order valence-electron chi connectivity index (χ4n) is 5.16. The molecule has 0 fully saturated rings. The molecule has 0 aromatic rings. The van der Waals surface area contributed by atoms with Gasteiger partial charge in [0.15, 0.2) is 6.10 Å². The first-order valence-corrected chi connectivity index (χ1v) is 23.2. The van der Waals surface area contributed by atoms with Gasteiger partial charge in [0.25, 0.3) is 0 Å². The van der Waals surface area contributed by atoms with E-state index in [1.165, 1.54) is 6.08 Å². The zero-order chi connectivity index (χ0) is 44.4. The normalized spacial score (nSPS) is 15.9. The fourth-order valence-corrected chi connectivity index (χ4v) is 5.93. The van der Waals surface area contributed by atoms with E-state index in [-0.39, 0.29) is 38.8 Å². The maximum atomic E-state index is 12.6. The molecule has 0 rings (SSSR count). The summed E-state index contributed by atoms with van der Waals surface area (Å²) in [5.41, 5.74) is 5.32. The summed E-state index contributed by atoms with van der Waals surface area (Å²) >= 11 is 0.